The van der Waals surface area contributed by atoms with Crippen LogP contribution in [-0.4, -0.2) is 17.3 Å². The van der Waals surface area contributed by atoms with Crippen LogP contribution < -0.4 is 19.9 Å². The molecule has 4 aliphatic carbocycles. The first-order chi connectivity index (χ1) is 20.7. The zero-order valence-electron chi connectivity index (χ0n) is 24.3. The Morgan fingerprint density at radius 3 is 2.55 bits per heavy atom. The number of rotatable bonds is 4. The Bertz CT molecular complexity index is 1670. The van der Waals surface area contributed by atoms with Crippen LogP contribution in [0.2, 0.25) is 0 Å². The van der Waals surface area contributed by atoms with E-state index in [1.54, 1.807) is 0 Å². The number of aliphatic hydroxyl groups is 1. The topological polar surface area (TPSA) is 38.7 Å². The quantitative estimate of drug-likeness (QED) is 0.332. The van der Waals surface area contributed by atoms with Gasteiger partial charge in [0.1, 0.15) is 17.6 Å². The second-order valence-electron chi connectivity index (χ2n) is 12.9. The zero-order valence-corrected chi connectivity index (χ0v) is 24.3. The molecule has 0 radical (unpaired) electrons. The van der Waals surface area contributed by atoms with Crippen molar-refractivity contribution in [3.05, 3.63) is 111 Å². The summed E-state index contributed by atoms with van der Waals surface area (Å²) in [6.45, 7) is 0. The lowest BCUT2D eigenvalue weighted by molar-refractivity contribution is 0.155. The molecule has 1 fully saturated rings. The minimum absolute atomic E-state index is 0.0472. The molecule has 8 rings (SSSR count). The van der Waals surface area contributed by atoms with E-state index in [1.165, 1.54) is 64.8 Å². The lowest BCUT2D eigenvalue weighted by atomic mass is 9.67. The third-order valence-corrected chi connectivity index (χ3v) is 10.4. The molecule has 3 aromatic rings. The highest BCUT2D eigenvalue weighted by Gasteiger charge is 2.41. The number of hydrogen-bond acceptors (Lipinski definition) is 3. The highest BCUT2D eigenvalue weighted by molar-refractivity contribution is 5.73. The number of hydrogen-bond donors (Lipinski definition) is 1. The molecule has 42 heavy (non-hydrogen) atoms. The molecule has 0 saturated heterocycles. The van der Waals surface area contributed by atoms with E-state index in [1.807, 2.05) is 6.08 Å². The van der Waals surface area contributed by atoms with Crippen molar-refractivity contribution in [2.45, 2.75) is 88.3 Å². The number of fused-ring (bicyclic) bond motifs is 5. The van der Waals surface area contributed by atoms with Crippen molar-refractivity contribution in [2.75, 3.05) is 0 Å². The molecule has 4 atom stereocenters. The van der Waals surface area contributed by atoms with Crippen molar-refractivity contribution in [3.63, 3.8) is 0 Å². The largest absolute Gasteiger partial charge is 0.512 e. The molecular weight excluding hydrogens is 516 g/mol. The molecule has 5 aliphatic rings. The van der Waals surface area contributed by atoms with Crippen molar-refractivity contribution in [1.29, 1.82) is 0 Å². The van der Waals surface area contributed by atoms with Crippen LogP contribution in [0.25, 0.3) is 17.7 Å². The van der Waals surface area contributed by atoms with Gasteiger partial charge in [-0.05, 0) is 108 Å². The van der Waals surface area contributed by atoms with Gasteiger partial charge in [-0.3, -0.25) is 0 Å². The van der Waals surface area contributed by atoms with E-state index in [2.05, 4.69) is 78.9 Å². The summed E-state index contributed by atoms with van der Waals surface area (Å²) < 4.78 is 13.3. The monoisotopic (exact) mass is 556 g/mol. The normalized spacial score (nSPS) is 26.5. The van der Waals surface area contributed by atoms with Gasteiger partial charge in [0.2, 0.25) is 0 Å². The molecular formula is C39H40O3. The minimum atomic E-state index is 0.0472. The number of aliphatic hydroxyl groups excluding tert-OH is 1. The highest BCUT2D eigenvalue weighted by Crippen LogP contribution is 2.52. The first kappa shape index (κ1) is 25.9. The van der Waals surface area contributed by atoms with E-state index in [0.717, 1.165) is 42.7 Å². The van der Waals surface area contributed by atoms with Crippen LogP contribution in [0.1, 0.15) is 91.9 Å². The first-order valence-electron chi connectivity index (χ1n) is 16.2. The Morgan fingerprint density at radius 2 is 1.71 bits per heavy atom. The van der Waals surface area contributed by atoms with E-state index in [9.17, 15) is 5.11 Å². The fraction of sp³-hybridized carbons (Fsp3) is 0.385. The van der Waals surface area contributed by atoms with Crippen molar-refractivity contribution in [3.8, 4) is 11.5 Å². The van der Waals surface area contributed by atoms with E-state index in [0.29, 0.717) is 30.1 Å². The molecule has 214 valence electrons. The molecule has 4 unspecified atom stereocenters. The van der Waals surface area contributed by atoms with Crippen molar-refractivity contribution in [2.24, 2.45) is 5.92 Å². The van der Waals surface area contributed by atoms with Gasteiger partial charge in [-0.15, -0.1) is 0 Å². The third kappa shape index (κ3) is 4.68. The summed E-state index contributed by atoms with van der Waals surface area (Å²) in [6.07, 6.45) is 20.6. The minimum Gasteiger partial charge on any atom is -0.512 e. The Labute approximate surface area is 248 Å². The molecule has 3 aromatic carbocycles. The van der Waals surface area contributed by atoms with E-state index < -0.39 is 0 Å². The summed E-state index contributed by atoms with van der Waals surface area (Å²) >= 11 is 0. The molecule has 0 spiro atoms. The summed E-state index contributed by atoms with van der Waals surface area (Å²) in [7, 11) is 0. The summed E-state index contributed by atoms with van der Waals surface area (Å²) in [5.41, 5.74) is 6.69. The maximum absolute atomic E-state index is 10.4. The average molecular weight is 557 g/mol. The van der Waals surface area contributed by atoms with Crippen LogP contribution in [0.15, 0.2) is 78.6 Å². The summed E-state index contributed by atoms with van der Waals surface area (Å²) in [6, 6.07) is 22.0. The fourth-order valence-electron chi connectivity index (χ4n) is 8.31. The van der Waals surface area contributed by atoms with Gasteiger partial charge in [-0.25, -0.2) is 0 Å². The van der Waals surface area contributed by atoms with Gasteiger partial charge in [-0.2, -0.15) is 0 Å². The zero-order chi connectivity index (χ0) is 28.0. The van der Waals surface area contributed by atoms with Gasteiger partial charge in [0, 0.05) is 30.2 Å². The van der Waals surface area contributed by atoms with Gasteiger partial charge >= 0.3 is 0 Å². The van der Waals surface area contributed by atoms with Crippen LogP contribution in [0.5, 0.6) is 11.5 Å². The maximum Gasteiger partial charge on any atom is 0.125 e. The fourth-order valence-corrected chi connectivity index (χ4v) is 8.31. The molecule has 0 aromatic heterocycles. The molecule has 0 amide bonds. The Hall–Kier alpha value is -3.72. The lowest BCUT2D eigenvalue weighted by Gasteiger charge is -2.42. The van der Waals surface area contributed by atoms with Crippen LogP contribution in [0.3, 0.4) is 0 Å². The highest BCUT2D eigenvalue weighted by atomic mass is 16.5. The summed E-state index contributed by atoms with van der Waals surface area (Å²) in [4.78, 5) is 0. The Morgan fingerprint density at radius 1 is 0.833 bits per heavy atom. The number of ether oxygens (including phenoxy) is 2. The van der Waals surface area contributed by atoms with E-state index in [4.69, 9.17) is 9.47 Å². The first-order valence-corrected chi connectivity index (χ1v) is 16.2. The standard InChI is InChI=1S/C39H40O3/c40-30-17-19-33-28(23-30)15-21-35-38(33)37(27-13-11-26(12-14-27)25-7-3-1-4-8-25)39-34-20-18-32(41-31-9-5-2-6-10-31)24-29(34)16-22-36(39)42-35/h1,3-4,7-8,11,13,15-16,18,20-21,23-24,26-27,31,36-37,40H,2,5-6,9-10,12,14,17,19,22H2. The average Bonchev–Trinajstić information content (AvgIpc) is 3.04. The molecule has 3 nitrogen and oxygen atoms in total. The molecule has 1 saturated carbocycles. The molecule has 1 aliphatic heterocycles. The molecule has 0 bridgehead atoms. The molecule has 3 heteroatoms. The smallest absolute Gasteiger partial charge is 0.125 e. The van der Waals surface area contributed by atoms with Crippen LogP contribution in [0.4, 0.5) is 0 Å². The van der Waals surface area contributed by atoms with Gasteiger partial charge < -0.3 is 14.6 Å². The van der Waals surface area contributed by atoms with Crippen LogP contribution in [-0.2, 0) is 6.42 Å². The maximum atomic E-state index is 10.4. The second kappa shape index (κ2) is 10.8. The second-order valence-corrected chi connectivity index (χ2v) is 12.9. The third-order valence-electron chi connectivity index (χ3n) is 10.4. The van der Waals surface area contributed by atoms with Crippen molar-refractivity contribution >= 4 is 17.7 Å². The predicted octanol–water partition coefficient (Wildman–Crippen LogP) is 7.87. The molecule has 1 N–H and O–H groups in total. The van der Waals surface area contributed by atoms with Gasteiger partial charge in [-0.1, -0.05) is 67.1 Å². The summed E-state index contributed by atoms with van der Waals surface area (Å²) in [5.74, 6) is 3.65. The Balaban J connectivity index is 1.25. The predicted molar refractivity (Wildman–Crippen MR) is 169 cm³/mol. The van der Waals surface area contributed by atoms with Gasteiger partial charge in [0.15, 0.2) is 0 Å². The number of allylic oxidation sites excluding steroid dienone is 3. The SMILES string of the molecule is OC1=Cc2ccc3c(c2CC1)C(C1C=CC(c2ccccc2)CC1)C1=c2ccc(OC4CCCCC4)cc2=CCC1O3. The van der Waals surface area contributed by atoms with Gasteiger partial charge in [0.05, 0.1) is 11.9 Å². The number of benzene rings is 3. The van der Waals surface area contributed by atoms with E-state index >= 15 is 0 Å². The molecule has 1 heterocycles. The Kier molecular flexibility index (Phi) is 6.70. The van der Waals surface area contributed by atoms with Crippen LogP contribution >= 0.6 is 0 Å². The summed E-state index contributed by atoms with van der Waals surface area (Å²) in [5, 5.41) is 13.0. The van der Waals surface area contributed by atoms with Crippen molar-refractivity contribution in [1.82, 2.24) is 0 Å². The van der Waals surface area contributed by atoms with Crippen molar-refractivity contribution < 1.29 is 14.6 Å². The van der Waals surface area contributed by atoms with E-state index in [-0.39, 0.29) is 12.0 Å². The van der Waals surface area contributed by atoms with Crippen LogP contribution in [0, 0.1) is 5.92 Å². The van der Waals surface area contributed by atoms with Gasteiger partial charge in [0.25, 0.3) is 0 Å². The lowest BCUT2D eigenvalue weighted by Crippen LogP contribution is -2.43.